The highest BCUT2D eigenvalue weighted by Gasteiger charge is 2.35. The molecule has 0 saturated carbocycles. The number of aromatic carboxylic acids is 1. The molecule has 3 aromatic rings. The maximum Gasteiger partial charge on any atom is 0.407 e. The van der Waals surface area contributed by atoms with Crippen molar-refractivity contribution in [2.24, 2.45) is 5.92 Å². The van der Waals surface area contributed by atoms with Crippen molar-refractivity contribution >= 4 is 23.8 Å². The zero-order chi connectivity index (χ0) is 24.5. The number of ether oxygens (including phenoxy) is 1. The number of fused-ring (bicyclic) bond motifs is 4. The van der Waals surface area contributed by atoms with Crippen LogP contribution < -0.4 is 10.2 Å². The summed E-state index contributed by atoms with van der Waals surface area (Å²) in [6, 6.07) is 16.2. The number of carboxylic acid groups (broad SMARTS) is 1. The Bertz CT molecular complexity index is 1250. The summed E-state index contributed by atoms with van der Waals surface area (Å²) < 4.78 is 7.09. The minimum Gasteiger partial charge on any atom is -0.477 e. The van der Waals surface area contributed by atoms with E-state index in [-0.39, 0.29) is 30.5 Å². The first kappa shape index (κ1) is 22.6. The van der Waals surface area contributed by atoms with Crippen LogP contribution in [-0.2, 0) is 16.1 Å². The van der Waals surface area contributed by atoms with Crippen LogP contribution in [0.25, 0.3) is 11.1 Å². The molecule has 0 fully saturated rings. The highest BCUT2D eigenvalue weighted by Crippen LogP contribution is 2.44. The Labute approximate surface area is 202 Å². The third-order valence-corrected chi connectivity index (χ3v) is 6.78. The van der Waals surface area contributed by atoms with Crippen molar-refractivity contribution in [1.29, 1.82) is 0 Å². The first-order valence-electron chi connectivity index (χ1n) is 11.7. The number of anilines is 1. The van der Waals surface area contributed by atoms with E-state index in [0.29, 0.717) is 25.3 Å². The van der Waals surface area contributed by atoms with Crippen molar-refractivity contribution in [2.45, 2.75) is 25.8 Å². The zero-order valence-electron chi connectivity index (χ0n) is 19.3. The van der Waals surface area contributed by atoms with E-state index >= 15 is 0 Å². The van der Waals surface area contributed by atoms with Gasteiger partial charge in [-0.2, -0.15) is 5.10 Å². The largest absolute Gasteiger partial charge is 0.477 e. The van der Waals surface area contributed by atoms with Crippen LogP contribution >= 0.6 is 0 Å². The molecular formula is C26H26N4O5. The number of carbonyl (C=O) groups is 3. The number of alkyl carbamates (subject to hydrolysis) is 1. The highest BCUT2D eigenvalue weighted by molar-refractivity contribution is 6.02. The molecule has 0 radical (unpaired) electrons. The van der Waals surface area contributed by atoms with Crippen LogP contribution in [0, 0.1) is 5.92 Å². The van der Waals surface area contributed by atoms with E-state index in [1.54, 1.807) is 0 Å². The maximum absolute atomic E-state index is 13.2. The van der Waals surface area contributed by atoms with Gasteiger partial charge in [-0.25, -0.2) is 14.3 Å². The molecule has 2 heterocycles. The summed E-state index contributed by atoms with van der Waals surface area (Å²) in [5, 5.41) is 16.2. The average molecular weight is 475 g/mol. The molecule has 2 aromatic carbocycles. The molecule has 2 aliphatic rings. The predicted octanol–water partition coefficient (Wildman–Crippen LogP) is 3.49. The van der Waals surface area contributed by atoms with E-state index in [1.807, 2.05) is 31.2 Å². The Morgan fingerprint density at radius 2 is 1.74 bits per heavy atom. The fourth-order valence-corrected chi connectivity index (χ4v) is 4.98. The lowest BCUT2D eigenvalue weighted by Crippen LogP contribution is -2.41. The third kappa shape index (κ3) is 4.03. The summed E-state index contributed by atoms with van der Waals surface area (Å²) in [5.74, 6) is -1.64. The van der Waals surface area contributed by atoms with Crippen LogP contribution in [0.15, 0.2) is 54.7 Å². The monoisotopic (exact) mass is 474 g/mol. The molecule has 1 atom stereocenters. The molecule has 1 unspecified atom stereocenters. The minimum absolute atomic E-state index is 0.00445. The fraction of sp³-hybridized carbons (Fsp3) is 0.308. The molecule has 2 N–H and O–H groups in total. The molecule has 1 aliphatic heterocycles. The Morgan fingerprint density at radius 3 is 2.37 bits per heavy atom. The average Bonchev–Trinajstić information content (AvgIpc) is 3.55. The van der Waals surface area contributed by atoms with Crippen molar-refractivity contribution in [3.05, 3.63) is 71.4 Å². The summed E-state index contributed by atoms with van der Waals surface area (Å²) in [6.07, 6.45) is 1.15. The standard InChI is InChI=1S/C26H26N4O5/c1-2-16(24(31)29-11-12-30-23(29)21(14-28-30)25(32)33)13-27-26(34)35-15-22-19-9-5-3-7-17(19)18-8-4-6-10-20(18)22/h3-10,14,16,22H,2,11-13,15H2,1H3,(H,27,34)(H,32,33). The van der Waals surface area contributed by atoms with E-state index in [2.05, 4.69) is 34.7 Å². The number of nitrogens with zero attached hydrogens (tertiary/aromatic N) is 3. The molecule has 9 heteroatoms. The second kappa shape index (κ2) is 9.25. The van der Waals surface area contributed by atoms with Gasteiger partial charge in [0.05, 0.1) is 18.7 Å². The summed E-state index contributed by atoms with van der Waals surface area (Å²) >= 11 is 0. The van der Waals surface area contributed by atoms with Crippen LogP contribution in [0.2, 0.25) is 0 Å². The normalized spacial score (nSPS) is 14.7. The van der Waals surface area contributed by atoms with Crippen LogP contribution in [-0.4, -0.2) is 52.6 Å². The summed E-state index contributed by atoms with van der Waals surface area (Å²) in [7, 11) is 0. The second-order valence-corrected chi connectivity index (χ2v) is 8.71. The molecule has 1 aromatic heterocycles. The topological polar surface area (TPSA) is 114 Å². The predicted molar refractivity (Wildman–Crippen MR) is 128 cm³/mol. The highest BCUT2D eigenvalue weighted by atomic mass is 16.5. The quantitative estimate of drug-likeness (QED) is 0.542. The molecule has 1 aliphatic carbocycles. The molecule has 180 valence electrons. The van der Waals surface area contributed by atoms with Gasteiger partial charge in [0.15, 0.2) is 0 Å². The van der Waals surface area contributed by atoms with Crippen LogP contribution in [0.4, 0.5) is 10.6 Å². The Hall–Kier alpha value is -4.14. The van der Waals surface area contributed by atoms with Crippen LogP contribution in [0.5, 0.6) is 0 Å². The lowest BCUT2D eigenvalue weighted by molar-refractivity contribution is -0.122. The Morgan fingerprint density at radius 1 is 1.09 bits per heavy atom. The van der Waals surface area contributed by atoms with Crippen LogP contribution in [0.1, 0.15) is 40.7 Å². The molecule has 9 nitrogen and oxygen atoms in total. The van der Waals surface area contributed by atoms with Crippen molar-refractivity contribution in [2.75, 3.05) is 24.6 Å². The number of rotatable bonds is 7. The molecule has 0 bridgehead atoms. The van der Waals surface area contributed by atoms with Crippen molar-refractivity contribution in [3.63, 3.8) is 0 Å². The maximum atomic E-state index is 13.2. The van der Waals surface area contributed by atoms with E-state index in [1.165, 1.54) is 15.8 Å². The molecule has 2 amide bonds. The number of amides is 2. The zero-order valence-corrected chi connectivity index (χ0v) is 19.3. The van der Waals surface area contributed by atoms with Gasteiger partial charge in [0.1, 0.15) is 18.0 Å². The number of nitrogens with one attached hydrogen (secondary N) is 1. The number of carboxylic acids is 1. The third-order valence-electron chi connectivity index (χ3n) is 6.78. The number of hydrogen-bond acceptors (Lipinski definition) is 5. The minimum atomic E-state index is -1.13. The smallest absolute Gasteiger partial charge is 0.407 e. The van der Waals surface area contributed by atoms with Gasteiger partial charge >= 0.3 is 12.1 Å². The molecule has 35 heavy (non-hydrogen) atoms. The first-order chi connectivity index (χ1) is 17.0. The molecule has 0 saturated heterocycles. The Kier molecular flexibility index (Phi) is 5.98. The van der Waals surface area contributed by atoms with Gasteiger partial charge in [-0.05, 0) is 28.7 Å². The summed E-state index contributed by atoms with van der Waals surface area (Å²) in [6.45, 7) is 2.93. The SMILES string of the molecule is CCC(CNC(=O)OCC1c2ccccc2-c2ccccc21)C(=O)N1CCn2ncc(C(=O)O)c21. The van der Waals surface area contributed by atoms with Crippen molar-refractivity contribution in [3.8, 4) is 11.1 Å². The molecular weight excluding hydrogens is 448 g/mol. The summed E-state index contributed by atoms with van der Waals surface area (Å²) in [5.41, 5.74) is 4.56. The Balaban J connectivity index is 1.21. The number of aromatic nitrogens is 2. The van der Waals surface area contributed by atoms with Crippen molar-refractivity contribution < 1.29 is 24.2 Å². The van der Waals surface area contributed by atoms with Gasteiger partial charge in [-0.1, -0.05) is 55.5 Å². The van der Waals surface area contributed by atoms with Gasteiger partial charge in [0.2, 0.25) is 5.91 Å². The number of carbonyl (C=O) groups excluding carboxylic acids is 2. The van der Waals surface area contributed by atoms with E-state index in [9.17, 15) is 19.5 Å². The lowest BCUT2D eigenvalue weighted by Gasteiger charge is -2.22. The number of benzene rings is 2. The van der Waals surface area contributed by atoms with Gasteiger partial charge in [-0.15, -0.1) is 0 Å². The van der Waals surface area contributed by atoms with Crippen molar-refractivity contribution in [1.82, 2.24) is 15.1 Å². The van der Waals surface area contributed by atoms with Gasteiger partial charge in [0, 0.05) is 19.0 Å². The van der Waals surface area contributed by atoms with Gasteiger partial charge in [0.25, 0.3) is 0 Å². The fourth-order valence-electron chi connectivity index (χ4n) is 4.98. The lowest BCUT2D eigenvalue weighted by atomic mass is 9.98. The van der Waals surface area contributed by atoms with E-state index < -0.39 is 18.0 Å². The van der Waals surface area contributed by atoms with E-state index in [4.69, 9.17) is 4.74 Å². The second-order valence-electron chi connectivity index (χ2n) is 8.71. The molecule has 5 rings (SSSR count). The molecule has 0 spiro atoms. The number of hydrogen-bond donors (Lipinski definition) is 2. The van der Waals surface area contributed by atoms with Gasteiger partial charge < -0.3 is 15.2 Å². The van der Waals surface area contributed by atoms with Crippen LogP contribution in [0.3, 0.4) is 0 Å². The first-order valence-corrected chi connectivity index (χ1v) is 11.7. The van der Waals surface area contributed by atoms with Gasteiger partial charge in [-0.3, -0.25) is 9.69 Å². The van der Waals surface area contributed by atoms with E-state index in [0.717, 1.165) is 22.3 Å². The summed E-state index contributed by atoms with van der Waals surface area (Å²) in [4.78, 5) is 38.7.